The predicted octanol–water partition coefficient (Wildman–Crippen LogP) is -2.69. The quantitative estimate of drug-likeness (QED) is 0.415. The zero-order valence-electron chi connectivity index (χ0n) is 7.96. The molecule has 0 spiro atoms. The fourth-order valence-corrected chi connectivity index (χ4v) is 2.00. The molecule has 0 radical (unpaired) electrons. The first-order valence-electron chi connectivity index (χ1n) is 4.29. The molecule has 0 aromatic heterocycles. The molecular formula is C8H19BrN2S. The van der Waals surface area contributed by atoms with Crippen LogP contribution in [0.3, 0.4) is 0 Å². The molecule has 1 heterocycles. The lowest BCUT2D eigenvalue weighted by atomic mass is 10.3. The lowest BCUT2D eigenvalue weighted by Crippen LogP contribution is -3.00. The second-order valence-corrected chi connectivity index (χ2v) is 4.26. The first-order chi connectivity index (χ1) is 5.16. The molecule has 1 aliphatic rings. The number of quaternary nitrogens is 1. The van der Waals surface area contributed by atoms with Gasteiger partial charge in [0.25, 0.3) is 0 Å². The van der Waals surface area contributed by atoms with Gasteiger partial charge in [-0.3, -0.25) is 4.90 Å². The normalized spacial score (nSPS) is 23.2. The van der Waals surface area contributed by atoms with Crippen LogP contribution in [0.25, 0.3) is 0 Å². The maximum absolute atomic E-state index is 4.28. The van der Waals surface area contributed by atoms with E-state index < -0.39 is 0 Å². The molecule has 0 N–H and O–H groups in total. The van der Waals surface area contributed by atoms with Gasteiger partial charge >= 0.3 is 0 Å². The minimum absolute atomic E-state index is 0. The summed E-state index contributed by atoms with van der Waals surface area (Å²) in [6, 6.07) is 0. The number of rotatable bonds is 2. The lowest BCUT2D eigenvalue weighted by Gasteiger charge is -2.40. The molecule has 0 amide bonds. The van der Waals surface area contributed by atoms with Crippen molar-refractivity contribution < 1.29 is 21.5 Å². The van der Waals surface area contributed by atoms with Crippen molar-refractivity contribution in [3.05, 3.63) is 0 Å². The van der Waals surface area contributed by atoms with Crippen molar-refractivity contribution >= 4 is 12.6 Å². The molecule has 0 aliphatic carbocycles. The number of thiol groups is 1. The first kappa shape index (κ1) is 12.8. The molecule has 4 heteroatoms. The monoisotopic (exact) mass is 254 g/mol. The summed E-state index contributed by atoms with van der Waals surface area (Å²) in [6.45, 7) is 6.28. The molecule has 1 fully saturated rings. The third-order valence-corrected chi connectivity index (χ3v) is 2.88. The zero-order chi connectivity index (χ0) is 8.32. The van der Waals surface area contributed by atoms with Gasteiger partial charge in [-0.1, -0.05) is 0 Å². The molecule has 1 saturated heterocycles. The van der Waals surface area contributed by atoms with Gasteiger partial charge in [0.05, 0.1) is 26.7 Å². The van der Waals surface area contributed by atoms with Crippen LogP contribution in [0.15, 0.2) is 0 Å². The third kappa shape index (κ3) is 3.64. The number of piperazine rings is 1. The van der Waals surface area contributed by atoms with Crippen LogP contribution in [-0.2, 0) is 0 Å². The molecule has 0 saturated carbocycles. The fraction of sp³-hybridized carbons (Fsp3) is 1.00. The summed E-state index contributed by atoms with van der Waals surface area (Å²) in [4.78, 5) is 2.40. The lowest BCUT2D eigenvalue weighted by molar-refractivity contribution is -0.911. The van der Waals surface area contributed by atoms with E-state index in [-0.39, 0.29) is 17.0 Å². The van der Waals surface area contributed by atoms with Crippen LogP contribution in [0.5, 0.6) is 0 Å². The molecule has 0 aromatic rings. The van der Waals surface area contributed by atoms with Crippen molar-refractivity contribution in [1.29, 1.82) is 0 Å². The molecule has 0 atom stereocenters. The molecule has 0 unspecified atom stereocenters. The second-order valence-electron chi connectivity index (χ2n) is 3.82. The SMILES string of the molecule is CN1CC[N+](C)(CCS)CC1.[Br-]. The Morgan fingerprint density at radius 2 is 1.83 bits per heavy atom. The van der Waals surface area contributed by atoms with E-state index in [2.05, 4.69) is 31.6 Å². The van der Waals surface area contributed by atoms with Gasteiger partial charge in [0.2, 0.25) is 0 Å². The van der Waals surface area contributed by atoms with E-state index in [1.54, 1.807) is 0 Å². The van der Waals surface area contributed by atoms with Crippen molar-refractivity contribution in [3.8, 4) is 0 Å². The highest BCUT2D eigenvalue weighted by Crippen LogP contribution is 2.08. The van der Waals surface area contributed by atoms with E-state index in [1.807, 2.05) is 0 Å². The maximum Gasteiger partial charge on any atom is 0.0914 e. The molecule has 12 heavy (non-hydrogen) atoms. The van der Waals surface area contributed by atoms with E-state index >= 15 is 0 Å². The summed E-state index contributed by atoms with van der Waals surface area (Å²) in [5.41, 5.74) is 0. The molecule has 2 nitrogen and oxygen atoms in total. The van der Waals surface area contributed by atoms with E-state index in [0.717, 1.165) is 5.75 Å². The van der Waals surface area contributed by atoms with Gasteiger partial charge in [-0.15, -0.1) is 0 Å². The van der Waals surface area contributed by atoms with Crippen molar-refractivity contribution in [2.45, 2.75) is 0 Å². The Bertz CT molecular complexity index is 124. The van der Waals surface area contributed by atoms with Crippen LogP contribution in [0.1, 0.15) is 0 Å². The Kier molecular flexibility index (Phi) is 5.82. The van der Waals surface area contributed by atoms with Crippen LogP contribution < -0.4 is 17.0 Å². The van der Waals surface area contributed by atoms with Gasteiger partial charge in [0.1, 0.15) is 0 Å². The number of hydrogen-bond donors (Lipinski definition) is 1. The Morgan fingerprint density at radius 1 is 1.33 bits per heavy atom. The van der Waals surface area contributed by atoms with Crippen LogP contribution in [-0.4, -0.2) is 62.0 Å². The largest absolute Gasteiger partial charge is 1.00 e. The van der Waals surface area contributed by atoms with Crippen LogP contribution >= 0.6 is 12.6 Å². The number of likely N-dealkylation sites (N-methyl/N-ethyl adjacent to an activating group) is 2. The smallest absolute Gasteiger partial charge is 0.0914 e. The molecule has 0 aromatic carbocycles. The Balaban J connectivity index is 0.00000121. The van der Waals surface area contributed by atoms with E-state index in [0.29, 0.717) is 0 Å². The highest BCUT2D eigenvalue weighted by Gasteiger charge is 2.25. The fourth-order valence-electron chi connectivity index (χ4n) is 1.51. The standard InChI is InChI=1S/C8H18N2S.BrH/c1-9-3-5-10(2,6-4-9)7-8-11;/h3-8H2,1-2H3;1H. The summed E-state index contributed by atoms with van der Waals surface area (Å²) in [5, 5.41) is 0. The second kappa shape index (κ2) is 5.47. The number of nitrogens with zero attached hydrogens (tertiary/aromatic N) is 2. The van der Waals surface area contributed by atoms with Crippen molar-refractivity contribution in [1.82, 2.24) is 4.90 Å². The van der Waals surface area contributed by atoms with Crippen molar-refractivity contribution in [2.75, 3.05) is 52.6 Å². The summed E-state index contributed by atoms with van der Waals surface area (Å²) in [7, 11) is 4.54. The molecular weight excluding hydrogens is 236 g/mol. The molecule has 74 valence electrons. The third-order valence-electron chi connectivity index (χ3n) is 2.68. The van der Waals surface area contributed by atoms with Gasteiger partial charge in [-0.2, -0.15) is 12.6 Å². The van der Waals surface area contributed by atoms with Crippen molar-refractivity contribution in [3.63, 3.8) is 0 Å². The highest BCUT2D eigenvalue weighted by atomic mass is 79.9. The number of hydrogen-bond acceptors (Lipinski definition) is 2. The highest BCUT2D eigenvalue weighted by molar-refractivity contribution is 7.80. The minimum Gasteiger partial charge on any atom is -1.00 e. The van der Waals surface area contributed by atoms with Crippen LogP contribution in [0.4, 0.5) is 0 Å². The van der Waals surface area contributed by atoms with Gasteiger partial charge in [0.15, 0.2) is 0 Å². The average molecular weight is 255 g/mol. The van der Waals surface area contributed by atoms with Crippen molar-refractivity contribution in [2.24, 2.45) is 0 Å². The van der Waals surface area contributed by atoms with Gasteiger partial charge < -0.3 is 21.5 Å². The van der Waals surface area contributed by atoms with Gasteiger partial charge in [0, 0.05) is 18.8 Å². The Hall–Kier alpha value is 0.750. The molecule has 1 aliphatic heterocycles. The molecule has 1 rings (SSSR count). The van der Waals surface area contributed by atoms with Gasteiger partial charge in [-0.05, 0) is 7.05 Å². The molecule has 0 bridgehead atoms. The van der Waals surface area contributed by atoms with Crippen LogP contribution in [0.2, 0.25) is 0 Å². The predicted molar refractivity (Wildman–Crippen MR) is 52.1 cm³/mol. The van der Waals surface area contributed by atoms with E-state index in [1.165, 1.54) is 37.2 Å². The van der Waals surface area contributed by atoms with E-state index in [9.17, 15) is 0 Å². The first-order valence-corrected chi connectivity index (χ1v) is 4.92. The summed E-state index contributed by atoms with van der Waals surface area (Å²) < 4.78 is 1.22. The zero-order valence-corrected chi connectivity index (χ0v) is 10.4. The summed E-state index contributed by atoms with van der Waals surface area (Å²) in [6.07, 6.45) is 0. The topological polar surface area (TPSA) is 3.24 Å². The maximum atomic E-state index is 4.28. The summed E-state index contributed by atoms with van der Waals surface area (Å²) in [5.74, 6) is 1.01. The summed E-state index contributed by atoms with van der Waals surface area (Å²) >= 11 is 4.28. The average Bonchev–Trinajstić information content (AvgIpc) is 1.97. The van der Waals surface area contributed by atoms with Crippen LogP contribution in [0, 0.1) is 0 Å². The van der Waals surface area contributed by atoms with E-state index in [4.69, 9.17) is 0 Å². The Morgan fingerprint density at radius 3 is 2.25 bits per heavy atom. The minimum atomic E-state index is 0. The Labute approximate surface area is 91.7 Å². The van der Waals surface area contributed by atoms with Gasteiger partial charge in [-0.25, -0.2) is 0 Å². The number of halogens is 1.